The Bertz CT molecular complexity index is 1670. The molecule has 1 saturated heterocycles. The zero-order valence-corrected chi connectivity index (χ0v) is 24.0. The quantitative estimate of drug-likeness (QED) is 0.222. The van der Waals surface area contributed by atoms with Crippen molar-refractivity contribution in [2.45, 2.75) is 18.9 Å². The van der Waals surface area contributed by atoms with Crippen molar-refractivity contribution in [2.75, 3.05) is 26.2 Å². The highest BCUT2D eigenvalue weighted by molar-refractivity contribution is 6.09. The molecule has 0 spiro atoms. The van der Waals surface area contributed by atoms with Crippen molar-refractivity contribution in [3.05, 3.63) is 154 Å². The molecule has 0 aliphatic carbocycles. The molecule has 5 aromatic carbocycles. The molecule has 1 fully saturated rings. The zero-order chi connectivity index (χ0) is 30.0. The lowest BCUT2D eigenvalue weighted by Crippen LogP contribution is -2.57. The highest BCUT2D eigenvalue weighted by Gasteiger charge is 2.43. The van der Waals surface area contributed by atoms with E-state index in [9.17, 15) is 19.1 Å². The van der Waals surface area contributed by atoms with Gasteiger partial charge in [-0.3, -0.25) is 14.5 Å². The average Bonchev–Trinajstić information content (AvgIpc) is 3.03. The third-order valence-electron chi connectivity index (χ3n) is 8.64. The van der Waals surface area contributed by atoms with Crippen molar-refractivity contribution in [1.82, 2.24) is 9.80 Å². The van der Waals surface area contributed by atoms with Crippen LogP contribution in [0.3, 0.4) is 0 Å². The Morgan fingerprint density at radius 1 is 0.744 bits per heavy atom. The lowest BCUT2D eigenvalue weighted by Gasteiger charge is -2.49. The molecule has 1 aliphatic heterocycles. The molecular formula is C37H33FN2O3. The summed E-state index contributed by atoms with van der Waals surface area (Å²) < 4.78 is 14.4. The molecule has 43 heavy (non-hydrogen) atoms. The standard InChI is InChI=1S/C37H33FN2O3/c1-26-28(24-34(41)42)23-27-17-18-32(38)25-33(27)35(26)36(43)39-19-21-40(22-20-39)37(29-11-5-2-6-12-29,30-13-7-3-8-14-30)31-15-9-4-10-16-31/h2-18,23,25H,19-22,24H2,1H3,(H,41,42). The van der Waals surface area contributed by atoms with Gasteiger partial charge in [-0.05, 0) is 57.6 Å². The average molecular weight is 573 g/mol. The number of rotatable bonds is 7. The van der Waals surface area contributed by atoms with Gasteiger partial charge >= 0.3 is 5.97 Å². The fourth-order valence-electron chi connectivity index (χ4n) is 6.64. The van der Waals surface area contributed by atoms with E-state index >= 15 is 0 Å². The first-order valence-corrected chi connectivity index (χ1v) is 14.5. The van der Waals surface area contributed by atoms with Crippen LogP contribution in [0.4, 0.5) is 4.39 Å². The first kappa shape index (κ1) is 28.3. The van der Waals surface area contributed by atoms with E-state index in [2.05, 4.69) is 77.7 Å². The number of carbonyl (C=O) groups is 2. The third kappa shape index (κ3) is 5.19. The van der Waals surface area contributed by atoms with E-state index in [1.54, 1.807) is 19.1 Å². The lowest BCUT2D eigenvalue weighted by molar-refractivity contribution is -0.136. The van der Waals surface area contributed by atoms with Gasteiger partial charge in [-0.15, -0.1) is 0 Å². The molecule has 6 rings (SSSR count). The molecule has 0 unspecified atom stereocenters. The van der Waals surface area contributed by atoms with Gasteiger partial charge in [0.25, 0.3) is 5.91 Å². The smallest absolute Gasteiger partial charge is 0.307 e. The summed E-state index contributed by atoms with van der Waals surface area (Å²) in [5.41, 5.74) is 4.38. The molecule has 0 radical (unpaired) electrons. The van der Waals surface area contributed by atoms with Crippen molar-refractivity contribution < 1.29 is 19.1 Å². The van der Waals surface area contributed by atoms with Crippen LogP contribution in [-0.4, -0.2) is 53.0 Å². The summed E-state index contributed by atoms with van der Waals surface area (Å²) in [5.74, 6) is -1.62. The minimum absolute atomic E-state index is 0.204. The number of hydrogen-bond donors (Lipinski definition) is 1. The molecular weight excluding hydrogens is 539 g/mol. The lowest BCUT2D eigenvalue weighted by atomic mass is 9.75. The molecule has 1 N–H and O–H groups in total. The van der Waals surface area contributed by atoms with Crippen LogP contribution in [0.1, 0.15) is 38.2 Å². The van der Waals surface area contributed by atoms with Crippen LogP contribution in [0.2, 0.25) is 0 Å². The van der Waals surface area contributed by atoms with E-state index in [1.807, 2.05) is 23.1 Å². The highest BCUT2D eigenvalue weighted by atomic mass is 19.1. The zero-order valence-electron chi connectivity index (χ0n) is 24.0. The Morgan fingerprint density at radius 3 is 1.74 bits per heavy atom. The molecule has 1 heterocycles. The third-order valence-corrected chi connectivity index (χ3v) is 8.64. The molecule has 6 heteroatoms. The maximum atomic E-state index is 14.4. The molecule has 5 nitrogen and oxygen atoms in total. The van der Waals surface area contributed by atoms with E-state index < -0.39 is 17.3 Å². The first-order chi connectivity index (χ1) is 20.9. The predicted octanol–water partition coefficient (Wildman–Crippen LogP) is 6.66. The fourth-order valence-corrected chi connectivity index (χ4v) is 6.64. The predicted molar refractivity (Wildman–Crippen MR) is 167 cm³/mol. The second-order valence-corrected chi connectivity index (χ2v) is 11.1. The van der Waals surface area contributed by atoms with Crippen LogP contribution < -0.4 is 0 Å². The summed E-state index contributed by atoms with van der Waals surface area (Å²) in [5, 5.41) is 10.7. The summed E-state index contributed by atoms with van der Waals surface area (Å²) in [4.78, 5) is 30.1. The number of amides is 1. The second-order valence-electron chi connectivity index (χ2n) is 11.1. The van der Waals surface area contributed by atoms with E-state index in [4.69, 9.17) is 0 Å². The van der Waals surface area contributed by atoms with Gasteiger partial charge in [0.15, 0.2) is 0 Å². The number of halogens is 1. The van der Waals surface area contributed by atoms with Crippen LogP contribution in [0.5, 0.6) is 0 Å². The number of piperazine rings is 1. The second kappa shape index (κ2) is 11.8. The van der Waals surface area contributed by atoms with Gasteiger partial charge in [0.2, 0.25) is 0 Å². The molecule has 0 aromatic heterocycles. The van der Waals surface area contributed by atoms with Crippen LogP contribution in [0.15, 0.2) is 115 Å². The van der Waals surface area contributed by atoms with Crippen molar-refractivity contribution in [3.8, 4) is 0 Å². The maximum Gasteiger partial charge on any atom is 0.307 e. The fraction of sp³-hybridized carbons (Fsp3) is 0.189. The summed E-state index contributed by atoms with van der Waals surface area (Å²) in [7, 11) is 0. The van der Waals surface area contributed by atoms with Crippen LogP contribution >= 0.6 is 0 Å². The maximum absolute atomic E-state index is 14.4. The van der Waals surface area contributed by atoms with E-state index in [0.717, 1.165) is 16.7 Å². The Labute approximate surface area is 250 Å². The van der Waals surface area contributed by atoms with Gasteiger partial charge in [0.1, 0.15) is 5.82 Å². The summed E-state index contributed by atoms with van der Waals surface area (Å²) in [6, 6.07) is 37.5. The number of carboxylic acids is 1. The monoisotopic (exact) mass is 572 g/mol. The molecule has 5 aromatic rings. The number of carboxylic acid groups (broad SMARTS) is 1. The topological polar surface area (TPSA) is 60.9 Å². The van der Waals surface area contributed by atoms with Gasteiger partial charge in [0, 0.05) is 26.2 Å². The summed E-state index contributed by atoms with van der Waals surface area (Å²) in [6.07, 6.45) is -0.207. The molecule has 216 valence electrons. The Morgan fingerprint density at radius 2 is 1.26 bits per heavy atom. The minimum atomic E-state index is -0.976. The summed E-state index contributed by atoms with van der Waals surface area (Å²) in [6.45, 7) is 3.89. The van der Waals surface area contributed by atoms with Gasteiger partial charge in [-0.2, -0.15) is 0 Å². The number of benzene rings is 5. The number of fused-ring (bicyclic) bond motifs is 1. The van der Waals surface area contributed by atoms with Crippen LogP contribution in [-0.2, 0) is 16.8 Å². The molecule has 0 bridgehead atoms. The Balaban J connectivity index is 1.40. The highest BCUT2D eigenvalue weighted by Crippen LogP contribution is 2.43. The summed E-state index contributed by atoms with van der Waals surface area (Å²) >= 11 is 0. The first-order valence-electron chi connectivity index (χ1n) is 14.5. The van der Waals surface area contributed by atoms with Gasteiger partial charge in [-0.25, -0.2) is 4.39 Å². The van der Waals surface area contributed by atoms with Gasteiger partial charge in [0.05, 0.1) is 17.5 Å². The number of hydrogen-bond acceptors (Lipinski definition) is 3. The molecule has 0 atom stereocenters. The number of aliphatic carboxylic acids is 1. The van der Waals surface area contributed by atoms with Gasteiger partial charge in [-0.1, -0.05) is 103 Å². The number of nitrogens with zero attached hydrogens (tertiary/aromatic N) is 2. The van der Waals surface area contributed by atoms with Crippen molar-refractivity contribution in [1.29, 1.82) is 0 Å². The number of carbonyl (C=O) groups excluding carboxylic acids is 1. The Hall–Kier alpha value is -4.81. The minimum Gasteiger partial charge on any atom is -0.481 e. The van der Waals surface area contributed by atoms with E-state index in [1.165, 1.54) is 12.1 Å². The van der Waals surface area contributed by atoms with E-state index in [-0.39, 0.29) is 12.3 Å². The molecule has 1 amide bonds. The van der Waals surface area contributed by atoms with E-state index in [0.29, 0.717) is 53.6 Å². The van der Waals surface area contributed by atoms with Crippen LogP contribution in [0, 0.1) is 12.7 Å². The van der Waals surface area contributed by atoms with Crippen molar-refractivity contribution in [3.63, 3.8) is 0 Å². The largest absolute Gasteiger partial charge is 0.481 e. The SMILES string of the molecule is Cc1c(CC(=O)O)cc2ccc(F)cc2c1C(=O)N1CCN(C(c2ccccc2)(c2ccccc2)c2ccccc2)CC1. The molecule has 0 saturated carbocycles. The Kier molecular flexibility index (Phi) is 7.78. The van der Waals surface area contributed by atoms with Crippen molar-refractivity contribution >= 4 is 22.6 Å². The molecule has 1 aliphatic rings. The van der Waals surface area contributed by atoms with Crippen LogP contribution in [0.25, 0.3) is 10.8 Å². The van der Waals surface area contributed by atoms with Crippen molar-refractivity contribution in [2.24, 2.45) is 0 Å². The van der Waals surface area contributed by atoms with Gasteiger partial charge < -0.3 is 10.0 Å². The normalized spacial score (nSPS) is 14.1.